The lowest BCUT2D eigenvalue weighted by molar-refractivity contribution is 0.0849. The van der Waals surface area contributed by atoms with Gasteiger partial charge in [0.05, 0.1) is 12.0 Å². The number of carbonyl (C=O) groups excluding carboxylic acids is 1. The summed E-state index contributed by atoms with van der Waals surface area (Å²) in [5.74, 6) is 0.612. The molecule has 1 aliphatic heterocycles. The Bertz CT molecular complexity index is 590. The number of phenolic OH excluding ortho intramolecular Hbond substituents is 1. The average molecular weight is 240 g/mol. The van der Waals surface area contributed by atoms with E-state index in [9.17, 15) is 9.90 Å². The van der Waals surface area contributed by atoms with Gasteiger partial charge in [0.2, 0.25) is 0 Å². The fourth-order valence-electron chi connectivity index (χ4n) is 2.17. The summed E-state index contributed by atoms with van der Waals surface area (Å²) in [6.45, 7) is 0. The third-order valence-electron chi connectivity index (χ3n) is 3.08. The molecule has 0 saturated heterocycles. The van der Waals surface area contributed by atoms with Gasteiger partial charge in [-0.15, -0.1) is 0 Å². The Morgan fingerprint density at radius 2 is 1.89 bits per heavy atom. The molecule has 18 heavy (non-hydrogen) atoms. The van der Waals surface area contributed by atoms with Gasteiger partial charge < -0.3 is 9.84 Å². The number of ether oxygens (including phenoxy) is 1. The largest absolute Gasteiger partial charge is 0.508 e. The lowest BCUT2D eigenvalue weighted by atomic mass is 9.96. The zero-order valence-corrected chi connectivity index (χ0v) is 9.67. The number of rotatable bonds is 1. The molecule has 0 unspecified atom stereocenters. The molecule has 0 radical (unpaired) electrons. The van der Waals surface area contributed by atoms with Gasteiger partial charge in [-0.05, 0) is 17.7 Å². The maximum Gasteiger partial charge on any atom is 0.170 e. The highest BCUT2D eigenvalue weighted by molar-refractivity contribution is 6.00. The molecule has 3 nitrogen and oxygen atoms in total. The maximum atomic E-state index is 12.0. The van der Waals surface area contributed by atoms with E-state index in [1.807, 2.05) is 30.3 Å². The molecule has 0 aliphatic carbocycles. The van der Waals surface area contributed by atoms with Gasteiger partial charge in [-0.1, -0.05) is 30.3 Å². The molecule has 0 amide bonds. The standard InChI is InChI=1S/C15H12O3/c16-11-6-7-12-13(17)9-14(18-15(12)8-11)10-4-2-1-3-5-10/h1-8,14,16H,9H2/t14-/m0/s1. The first-order valence-corrected chi connectivity index (χ1v) is 5.82. The van der Waals surface area contributed by atoms with E-state index < -0.39 is 0 Å². The van der Waals surface area contributed by atoms with Crippen LogP contribution < -0.4 is 4.74 Å². The second kappa shape index (κ2) is 4.18. The summed E-state index contributed by atoms with van der Waals surface area (Å²) in [5.41, 5.74) is 1.51. The van der Waals surface area contributed by atoms with Gasteiger partial charge in [0.15, 0.2) is 5.78 Å². The Kier molecular flexibility index (Phi) is 2.52. The number of hydrogen-bond donors (Lipinski definition) is 1. The predicted octanol–water partition coefficient (Wildman–Crippen LogP) is 3.10. The summed E-state index contributed by atoms with van der Waals surface area (Å²) in [6.07, 6.45) is 0.0647. The summed E-state index contributed by atoms with van der Waals surface area (Å²) < 4.78 is 5.79. The lowest BCUT2D eigenvalue weighted by Gasteiger charge is -2.25. The molecule has 0 saturated carbocycles. The molecule has 90 valence electrons. The van der Waals surface area contributed by atoms with Crippen molar-refractivity contribution >= 4 is 5.78 Å². The molecular formula is C15H12O3. The van der Waals surface area contributed by atoms with E-state index in [4.69, 9.17) is 4.74 Å². The number of ketones is 1. The van der Waals surface area contributed by atoms with Crippen LogP contribution in [0.15, 0.2) is 48.5 Å². The van der Waals surface area contributed by atoms with Crippen molar-refractivity contribution in [2.24, 2.45) is 0 Å². The van der Waals surface area contributed by atoms with Gasteiger partial charge >= 0.3 is 0 Å². The van der Waals surface area contributed by atoms with Gasteiger partial charge in [0.25, 0.3) is 0 Å². The SMILES string of the molecule is O=C1C[C@@H](c2ccccc2)Oc2cc(O)ccc21. The Hall–Kier alpha value is -2.29. The van der Waals surface area contributed by atoms with Crippen LogP contribution in [-0.2, 0) is 0 Å². The molecule has 1 aliphatic rings. The molecule has 2 aromatic rings. The number of benzene rings is 2. The van der Waals surface area contributed by atoms with Gasteiger partial charge in [-0.2, -0.15) is 0 Å². The Balaban J connectivity index is 1.98. The number of phenols is 1. The van der Waals surface area contributed by atoms with Crippen molar-refractivity contribution in [3.63, 3.8) is 0 Å². The highest BCUT2D eigenvalue weighted by atomic mass is 16.5. The topological polar surface area (TPSA) is 46.5 Å². The molecule has 0 aromatic heterocycles. The van der Waals surface area contributed by atoms with Crippen molar-refractivity contribution in [3.05, 3.63) is 59.7 Å². The van der Waals surface area contributed by atoms with Crippen molar-refractivity contribution in [3.8, 4) is 11.5 Å². The first kappa shape index (κ1) is 10.8. The Labute approximate surface area is 105 Å². The lowest BCUT2D eigenvalue weighted by Crippen LogP contribution is -2.20. The van der Waals surface area contributed by atoms with E-state index in [1.54, 1.807) is 6.07 Å². The molecule has 0 fully saturated rings. The minimum absolute atomic E-state index is 0.0464. The quantitative estimate of drug-likeness (QED) is 0.833. The number of fused-ring (bicyclic) bond motifs is 1. The van der Waals surface area contributed by atoms with Crippen LogP contribution in [0.1, 0.15) is 28.4 Å². The molecule has 1 atom stereocenters. The second-order valence-electron chi connectivity index (χ2n) is 4.32. The minimum Gasteiger partial charge on any atom is -0.508 e. The van der Waals surface area contributed by atoms with Crippen LogP contribution in [0, 0.1) is 0 Å². The van der Waals surface area contributed by atoms with E-state index >= 15 is 0 Å². The van der Waals surface area contributed by atoms with E-state index in [0.717, 1.165) is 5.56 Å². The number of hydrogen-bond acceptors (Lipinski definition) is 3. The zero-order valence-electron chi connectivity index (χ0n) is 9.67. The number of aromatic hydroxyl groups is 1. The maximum absolute atomic E-state index is 12.0. The summed E-state index contributed by atoms with van der Waals surface area (Å²) in [7, 11) is 0. The number of Topliss-reactive ketones (excluding diaryl/α,β-unsaturated/α-hetero) is 1. The molecule has 1 N–H and O–H groups in total. The fraction of sp³-hybridized carbons (Fsp3) is 0.133. The van der Waals surface area contributed by atoms with E-state index in [1.165, 1.54) is 12.1 Å². The second-order valence-corrected chi connectivity index (χ2v) is 4.32. The monoisotopic (exact) mass is 240 g/mol. The summed E-state index contributed by atoms with van der Waals surface area (Å²) in [5, 5.41) is 9.44. The van der Waals surface area contributed by atoms with Gasteiger partial charge in [-0.3, -0.25) is 4.79 Å². The molecule has 0 bridgehead atoms. The predicted molar refractivity (Wildman–Crippen MR) is 66.9 cm³/mol. The van der Waals surface area contributed by atoms with Crippen molar-refractivity contribution in [1.82, 2.24) is 0 Å². The van der Waals surface area contributed by atoms with Crippen LogP contribution in [0.25, 0.3) is 0 Å². The van der Waals surface area contributed by atoms with E-state index in [2.05, 4.69) is 0 Å². The summed E-state index contributed by atoms with van der Waals surface area (Å²) >= 11 is 0. The van der Waals surface area contributed by atoms with Crippen LogP contribution in [0.2, 0.25) is 0 Å². The summed E-state index contributed by atoms with van der Waals surface area (Å²) in [4.78, 5) is 12.0. The van der Waals surface area contributed by atoms with Gasteiger partial charge in [0, 0.05) is 6.07 Å². The number of carbonyl (C=O) groups is 1. The smallest absolute Gasteiger partial charge is 0.170 e. The van der Waals surface area contributed by atoms with E-state index in [0.29, 0.717) is 17.7 Å². The Morgan fingerprint density at radius 3 is 2.67 bits per heavy atom. The van der Waals surface area contributed by atoms with Crippen LogP contribution in [0.5, 0.6) is 11.5 Å². The van der Waals surface area contributed by atoms with Gasteiger partial charge in [0.1, 0.15) is 17.6 Å². The minimum atomic E-state index is -0.270. The van der Waals surface area contributed by atoms with Gasteiger partial charge in [-0.25, -0.2) is 0 Å². The first-order valence-electron chi connectivity index (χ1n) is 5.82. The fourth-order valence-corrected chi connectivity index (χ4v) is 2.17. The zero-order chi connectivity index (χ0) is 12.5. The first-order chi connectivity index (χ1) is 8.74. The van der Waals surface area contributed by atoms with Crippen LogP contribution in [0.4, 0.5) is 0 Å². The highest BCUT2D eigenvalue weighted by Crippen LogP contribution is 2.36. The highest BCUT2D eigenvalue weighted by Gasteiger charge is 2.27. The van der Waals surface area contributed by atoms with Crippen molar-refractivity contribution in [2.45, 2.75) is 12.5 Å². The van der Waals surface area contributed by atoms with Crippen molar-refractivity contribution in [1.29, 1.82) is 0 Å². The van der Waals surface area contributed by atoms with Crippen LogP contribution in [-0.4, -0.2) is 10.9 Å². The molecule has 1 heterocycles. The third kappa shape index (κ3) is 1.84. The molecule has 2 aromatic carbocycles. The molecular weight excluding hydrogens is 228 g/mol. The molecule has 3 rings (SSSR count). The molecule has 3 heteroatoms. The van der Waals surface area contributed by atoms with Crippen LogP contribution >= 0.6 is 0 Å². The van der Waals surface area contributed by atoms with Crippen molar-refractivity contribution < 1.29 is 14.6 Å². The Morgan fingerprint density at radius 1 is 1.11 bits per heavy atom. The molecule has 0 spiro atoms. The average Bonchev–Trinajstić information content (AvgIpc) is 2.39. The van der Waals surface area contributed by atoms with E-state index in [-0.39, 0.29) is 17.6 Å². The summed E-state index contributed by atoms with van der Waals surface area (Å²) in [6, 6.07) is 14.2. The van der Waals surface area contributed by atoms with Crippen LogP contribution in [0.3, 0.4) is 0 Å². The third-order valence-corrected chi connectivity index (χ3v) is 3.08. The normalized spacial score (nSPS) is 18.0. The van der Waals surface area contributed by atoms with Crippen molar-refractivity contribution in [2.75, 3.05) is 0 Å².